The monoisotopic (exact) mass is 293 g/mol. The van der Waals surface area contributed by atoms with Crippen LogP contribution in [0.1, 0.15) is 44.9 Å². The van der Waals surface area contributed by atoms with Crippen molar-refractivity contribution >= 4 is 11.6 Å². The third-order valence-electron chi connectivity index (χ3n) is 4.39. The van der Waals surface area contributed by atoms with Crippen molar-refractivity contribution in [3.05, 3.63) is 24.0 Å². The second-order valence-electron chi connectivity index (χ2n) is 6.01. The number of hydrogen-bond donors (Lipinski definition) is 2. The molecule has 114 valence electrons. The van der Waals surface area contributed by atoms with E-state index in [2.05, 4.69) is 5.32 Å². The molecule has 0 aliphatic heterocycles. The number of carbonyl (C=O) groups is 1. The maximum absolute atomic E-state index is 14.0. The summed E-state index contributed by atoms with van der Waals surface area (Å²) in [6.45, 7) is 0. The minimum atomic E-state index is -1.31. The van der Waals surface area contributed by atoms with E-state index >= 15 is 0 Å². The van der Waals surface area contributed by atoms with Crippen molar-refractivity contribution in [2.24, 2.45) is 0 Å². The van der Waals surface area contributed by atoms with E-state index in [0.717, 1.165) is 32.1 Å². The molecule has 5 heteroatoms. The molecule has 0 saturated heterocycles. The SMILES string of the molecule is O=C(Nc1ccc(OC2CCC2)c(F)c1)C1(O)CCCC1. The third kappa shape index (κ3) is 3.02. The Morgan fingerprint density at radius 2 is 2.00 bits per heavy atom. The second kappa shape index (κ2) is 5.64. The van der Waals surface area contributed by atoms with Gasteiger partial charge >= 0.3 is 0 Å². The molecule has 0 spiro atoms. The van der Waals surface area contributed by atoms with Gasteiger partial charge in [0.2, 0.25) is 0 Å². The summed E-state index contributed by atoms with van der Waals surface area (Å²) in [6.07, 6.45) is 5.77. The van der Waals surface area contributed by atoms with Crippen LogP contribution in [0.5, 0.6) is 5.75 Å². The van der Waals surface area contributed by atoms with Gasteiger partial charge in [-0.3, -0.25) is 4.79 Å². The molecule has 2 aliphatic carbocycles. The normalized spacial score (nSPS) is 20.9. The van der Waals surface area contributed by atoms with Gasteiger partial charge in [-0.1, -0.05) is 0 Å². The molecule has 0 atom stereocenters. The molecular formula is C16H20FNO3. The van der Waals surface area contributed by atoms with Crippen LogP contribution in [0.2, 0.25) is 0 Å². The molecule has 1 aromatic rings. The Labute approximate surface area is 123 Å². The molecule has 2 saturated carbocycles. The van der Waals surface area contributed by atoms with Crippen LogP contribution in [-0.4, -0.2) is 22.7 Å². The van der Waals surface area contributed by atoms with Gasteiger partial charge in [-0.05, 0) is 57.1 Å². The lowest BCUT2D eigenvalue weighted by atomic mass is 9.96. The number of amides is 1. The smallest absolute Gasteiger partial charge is 0.256 e. The Hall–Kier alpha value is -1.62. The predicted molar refractivity (Wildman–Crippen MR) is 76.7 cm³/mol. The van der Waals surface area contributed by atoms with Crippen molar-refractivity contribution in [1.29, 1.82) is 0 Å². The fourth-order valence-electron chi connectivity index (χ4n) is 2.78. The van der Waals surface area contributed by atoms with Gasteiger partial charge in [-0.2, -0.15) is 0 Å². The number of halogens is 1. The fraction of sp³-hybridized carbons (Fsp3) is 0.562. The summed E-state index contributed by atoms with van der Waals surface area (Å²) < 4.78 is 19.5. The number of benzene rings is 1. The molecular weight excluding hydrogens is 273 g/mol. The Morgan fingerprint density at radius 3 is 2.57 bits per heavy atom. The first-order valence-corrected chi connectivity index (χ1v) is 7.57. The molecule has 2 aliphatic rings. The van der Waals surface area contributed by atoms with E-state index in [4.69, 9.17) is 4.74 Å². The summed E-state index contributed by atoms with van der Waals surface area (Å²) in [5, 5.41) is 12.8. The van der Waals surface area contributed by atoms with Gasteiger partial charge in [0.25, 0.3) is 5.91 Å². The maximum atomic E-state index is 14.0. The van der Waals surface area contributed by atoms with Crippen LogP contribution in [0.4, 0.5) is 10.1 Å². The zero-order valence-electron chi connectivity index (χ0n) is 11.9. The highest BCUT2D eigenvalue weighted by Gasteiger charge is 2.38. The molecule has 1 aromatic carbocycles. The Balaban J connectivity index is 1.65. The van der Waals surface area contributed by atoms with Crippen molar-refractivity contribution in [1.82, 2.24) is 0 Å². The molecule has 0 bridgehead atoms. The Morgan fingerprint density at radius 1 is 1.29 bits per heavy atom. The lowest BCUT2D eigenvalue weighted by molar-refractivity contribution is -0.133. The standard InChI is InChI=1S/C16H20FNO3/c17-13-10-11(6-7-14(13)21-12-4-3-5-12)18-15(19)16(20)8-1-2-9-16/h6-7,10,12,20H,1-5,8-9H2,(H,18,19). The molecule has 4 nitrogen and oxygen atoms in total. The van der Waals surface area contributed by atoms with E-state index in [1.54, 1.807) is 6.07 Å². The van der Waals surface area contributed by atoms with Crippen LogP contribution in [0, 0.1) is 5.82 Å². The van der Waals surface area contributed by atoms with E-state index in [9.17, 15) is 14.3 Å². The van der Waals surface area contributed by atoms with Crippen molar-refractivity contribution in [3.8, 4) is 5.75 Å². The number of rotatable bonds is 4. The molecule has 0 unspecified atom stereocenters. The van der Waals surface area contributed by atoms with E-state index in [1.807, 2.05) is 0 Å². The topological polar surface area (TPSA) is 58.6 Å². The third-order valence-corrected chi connectivity index (χ3v) is 4.39. The first kappa shape index (κ1) is 14.3. The Kier molecular flexibility index (Phi) is 3.85. The number of anilines is 1. The van der Waals surface area contributed by atoms with Crippen LogP contribution in [0.25, 0.3) is 0 Å². The van der Waals surface area contributed by atoms with Gasteiger partial charge in [0.05, 0.1) is 6.10 Å². The zero-order chi connectivity index (χ0) is 14.9. The highest BCUT2D eigenvalue weighted by atomic mass is 19.1. The van der Waals surface area contributed by atoms with Gasteiger partial charge in [0, 0.05) is 11.8 Å². The summed E-state index contributed by atoms with van der Waals surface area (Å²) >= 11 is 0. The minimum absolute atomic E-state index is 0.110. The number of aliphatic hydroxyl groups is 1. The number of ether oxygens (including phenoxy) is 1. The lowest BCUT2D eigenvalue weighted by Gasteiger charge is -2.26. The molecule has 0 radical (unpaired) electrons. The van der Waals surface area contributed by atoms with E-state index in [1.165, 1.54) is 12.1 Å². The number of nitrogens with one attached hydrogen (secondary N) is 1. The first-order chi connectivity index (χ1) is 10.1. The van der Waals surface area contributed by atoms with Gasteiger partial charge in [-0.25, -0.2) is 4.39 Å². The van der Waals surface area contributed by atoms with E-state index in [0.29, 0.717) is 18.5 Å². The van der Waals surface area contributed by atoms with Crippen LogP contribution >= 0.6 is 0 Å². The molecule has 0 heterocycles. The predicted octanol–water partition coefficient (Wildman–Crippen LogP) is 3.00. The van der Waals surface area contributed by atoms with Crippen LogP contribution < -0.4 is 10.1 Å². The van der Waals surface area contributed by atoms with Gasteiger partial charge in [-0.15, -0.1) is 0 Å². The summed E-state index contributed by atoms with van der Waals surface area (Å²) in [6, 6.07) is 4.37. The average Bonchev–Trinajstić information content (AvgIpc) is 2.84. The minimum Gasteiger partial charge on any atom is -0.487 e. The summed E-state index contributed by atoms with van der Waals surface area (Å²) in [5.74, 6) is -0.720. The number of carbonyl (C=O) groups excluding carboxylic acids is 1. The van der Waals surface area contributed by atoms with E-state index in [-0.39, 0.29) is 11.9 Å². The summed E-state index contributed by atoms with van der Waals surface area (Å²) in [4.78, 5) is 12.1. The van der Waals surface area contributed by atoms with Gasteiger partial charge in [0.15, 0.2) is 11.6 Å². The van der Waals surface area contributed by atoms with Crippen LogP contribution in [0.15, 0.2) is 18.2 Å². The summed E-state index contributed by atoms with van der Waals surface area (Å²) in [5.41, 5.74) is -0.962. The highest BCUT2D eigenvalue weighted by Crippen LogP contribution is 2.32. The lowest BCUT2D eigenvalue weighted by Crippen LogP contribution is -2.40. The zero-order valence-corrected chi connectivity index (χ0v) is 11.9. The van der Waals surface area contributed by atoms with Crippen molar-refractivity contribution < 1.29 is 19.0 Å². The molecule has 0 aromatic heterocycles. The molecule has 2 N–H and O–H groups in total. The maximum Gasteiger partial charge on any atom is 0.256 e. The van der Waals surface area contributed by atoms with Crippen LogP contribution in [-0.2, 0) is 4.79 Å². The molecule has 3 rings (SSSR count). The van der Waals surface area contributed by atoms with Crippen molar-refractivity contribution in [3.63, 3.8) is 0 Å². The largest absolute Gasteiger partial charge is 0.487 e. The second-order valence-corrected chi connectivity index (χ2v) is 6.01. The average molecular weight is 293 g/mol. The Bertz CT molecular complexity index is 536. The van der Waals surface area contributed by atoms with Gasteiger partial charge in [0.1, 0.15) is 5.60 Å². The van der Waals surface area contributed by atoms with E-state index < -0.39 is 17.3 Å². The number of hydrogen-bond acceptors (Lipinski definition) is 3. The molecule has 21 heavy (non-hydrogen) atoms. The van der Waals surface area contributed by atoms with Crippen LogP contribution in [0.3, 0.4) is 0 Å². The quantitative estimate of drug-likeness (QED) is 0.897. The summed E-state index contributed by atoms with van der Waals surface area (Å²) in [7, 11) is 0. The highest BCUT2D eigenvalue weighted by molar-refractivity contribution is 5.97. The van der Waals surface area contributed by atoms with Gasteiger partial charge < -0.3 is 15.2 Å². The fourth-order valence-corrected chi connectivity index (χ4v) is 2.78. The molecule has 2 fully saturated rings. The van der Waals surface area contributed by atoms with Crippen molar-refractivity contribution in [2.45, 2.75) is 56.7 Å². The van der Waals surface area contributed by atoms with Crippen molar-refractivity contribution in [2.75, 3.05) is 5.32 Å². The first-order valence-electron chi connectivity index (χ1n) is 7.57. The molecule has 1 amide bonds.